The third-order valence-electron chi connectivity index (χ3n) is 6.91. The first kappa shape index (κ1) is 25.9. The largest absolute Gasteiger partial charge is 0.348 e. The van der Waals surface area contributed by atoms with Gasteiger partial charge in [0.2, 0.25) is 11.8 Å². The minimum absolute atomic E-state index is 0.0653. The highest BCUT2D eigenvalue weighted by molar-refractivity contribution is 9.10. The van der Waals surface area contributed by atoms with E-state index in [1.807, 2.05) is 41.0 Å². The topological polar surface area (TPSA) is 71.4 Å². The van der Waals surface area contributed by atoms with Crippen molar-refractivity contribution < 1.29 is 14.4 Å². The van der Waals surface area contributed by atoms with Crippen molar-refractivity contribution in [2.75, 3.05) is 13.1 Å². The molecule has 1 aromatic heterocycles. The molecule has 1 unspecified atom stereocenters. The summed E-state index contributed by atoms with van der Waals surface area (Å²) in [6, 6.07) is 16.1. The Morgan fingerprint density at radius 2 is 1.86 bits per heavy atom. The van der Waals surface area contributed by atoms with Crippen molar-refractivity contribution in [1.29, 1.82) is 0 Å². The molecule has 2 heterocycles. The third-order valence-corrected chi connectivity index (χ3v) is 7.40. The van der Waals surface area contributed by atoms with Gasteiger partial charge in [0, 0.05) is 46.6 Å². The van der Waals surface area contributed by atoms with E-state index in [0.717, 1.165) is 21.8 Å². The van der Waals surface area contributed by atoms with Gasteiger partial charge >= 0.3 is 0 Å². The molecule has 6 nitrogen and oxygen atoms in total. The maximum Gasteiger partial charge on any atom is 0.246 e. The van der Waals surface area contributed by atoms with Crippen LogP contribution >= 0.6 is 15.9 Å². The fourth-order valence-corrected chi connectivity index (χ4v) is 5.30. The average Bonchev–Trinajstić information content (AvgIpc) is 3.18. The van der Waals surface area contributed by atoms with Crippen LogP contribution in [0.1, 0.15) is 48.5 Å². The number of hydrogen-bond donors (Lipinski definition) is 1. The predicted molar refractivity (Wildman–Crippen MR) is 146 cm³/mol. The zero-order chi connectivity index (χ0) is 25.8. The van der Waals surface area contributed by atoms with E-state index >= 15 is 0 Å². The molecule has 1 atom stereocenters. The summed E-state index contributed by atoms with van der Waals surface area (Å²) in [5.41, 5.74) is 2.74. The molecule has 0 aliphatic carbocycles. The minimum Gasteiger partial charge on any atom is -0.348 e. The van der Waals surface area contributed by atoms with Crippen molar-refractivity contribution in [3.63, 3.8) is 0 Å². The van der Waals surface area contributed by atoms with Gasteiger partial charge in [-0.25, -0.2) is 0 Å². The second-order valence-electron chi connectivity index (χ2n) is 9.77. The predicted octanol–water partition coefficient (Wildman–Crippen LogP) is 5.32. The Balaban J connectivity index is 1.47. The standard InChI is InChI=1S/C29H32BrN3O3/c1-4-29(36)33-15-22(16-33)31-28(35)18-32-17-25(24-14-21(30)10-12-26(24)32)27(34)13-11-23(19(2)3)20-8-6-5-7-9-20/h4-10,12,14,17,19,22-23H,1,11,13,15-16,18H2,2-3H3,(H,31,35). The van der Waals surface area contributed by atoms with Crippen LogP contribution in [0.4, 0.5) is 0 Å². The van der Waals surface area contributed by atoms with Gasteiger partial charge in [-0.3, -0.25) is 14.4 Å². The Morgan fingerprint density at radius 3 is 2.53 bits per heavy atom. The van der Waals surface area contributed by atoms with Gasteiger partial charge in [0.15, 0.2) is 5.78 Å². The molecule has 0 radical (unpaired) electrons. The number of likely N-dealkylation sites (tertiary alicyclic amines) is 1. The number of rotatable bonds is 10. The normalized spacial score (nSPS) is 14.5. The van der Waals surface area contributed by atoms with Crippen LogP contribution in [0.2, 0.25) is 0 Å². The molecule has 36 heavy (non-hydrogen) atoms. The number of ketones is 1. The van der Waals surface area contributed by atoms with Gasteiger partial charge in [0.1, 0.15) is 6.54 Å². The number of nitrogens with zero attached hydrogens (tertiary/aromatic N) is 2. The van der Waals surface area contributed by atoms with E-state index in [-0.39, 0.29) is 30.2 Å². The quantitative estimate of drug-likeness (QED) is 0.275. The highest BCUT2D eigenvalue weighted by atomic mass is 79.9. The molecule has 1 fully saturated rings. The van der Waals surface area contributed by atoms with Crippen molar-refractivity contribution in [3.05, 3.63) is 83.0 Å². The van der Waals surface area contributed by atoms with Gasteiger partial charge in [-0.1, -0.05) is 66.7 Å². The molecule has 2 aromatic carbocycles. The van der Waals surface area contributed by atoms with Crippen LogP contribution in [0.25, 0.3) is 10.9 Å². The molecule has 0 bridgehead atoms. The zero-order valence-electron chi connectivity index (χ0n) is 20.7. The number of carbonyl (C=O) groups excluding carboxylic acids is 3. The second kappa shape index (κ2) is 11.2. The SMILES string of the molecule is C=CC(=O)N1CC(NC(=O)Cn2cc(C(=O)CCC(c3ccccc3)C(C)C)c3cc(Br)ccc32)C1. The van der Waals surface area contributed by atoms with Crippen LogP contribution in [-0.2, 0) is 16.1 Å². The van der Waals surface area contributed by atoms with Crippen LogP contribution in [0.15, 0.2) is 71.9 Å². The number of amides is 2. The minimum atomic E-state index is -0.145. The van der Waals surface area contributed by atoms with Gasteiger partial charge in [-0.05, 0) is 48.1 Å². The van der Waals surface area contributed by atoms with Crippen molar-refractivity contribution >= 4 is 44.4 Å². The Hall–Kier alpha value is -3.19. The van der Waals surface area contributed by atoms with Crippen LogP contribution in [-0.4, -0.2) is 46.2 Å². The van der Waals surface area contributed by atoms with E-state index in [1.54, 1.807) is 11.1 Å². The number of fused-ring (bicyclic) bond motifs is 1. The molecule has 1 aliphatic heterocycles. The van der Waals surface area contributed by atoms with E-state index < -0.39 is 0 Å². The maximum atomic E-state index is 13.4. The summed E-state index contributed by atoms with van der Waals surface area (Å²) in [4.78, 5) is 39.4. The highest BCUT2D eigenvalue weighted by Gasteiger charge is 2.30. The molecule has 4 rings (SSSR count). The molecule has 1 N–H and O–H groups in total. The van der Waals surface area contributed by atoms with Gasteiger partial charge in [-0.15, -0.1) is 0 Å². The molecule has 1 aliphatic rings. The monoisotopic (exact) mass is 549 g/mol. The number of carbonyl (C=O) groups is 3. The fraction of sp³-hybridized carbons (Fsp3) is 0.345. The van der Waals surface area contributed by atoms with E-state index in [9.17, 15) is 14.4 Å². The van der Waals surface area contributed by atoms with Gasteiger partial charge in [0.25, 0.3) is 0 Å². The van der Waals surface area contributed by atoms with Crippen molar-refractivity contribution in [2.24, 2.45) is 5.92 Å². The molecule has 0 saturated carbocycles. The first-order chi connectivity index (χ1) is 17.3. The van der Waals surface area contributed by atoms with Crippen molar-refractivity contribution in [2.45, 2.75) is 45.2 Å². The lowest BCUT2D eigenvalue weighted by Gasteiger charge is -2.38. The molecule has 2 amide bonds. The Labute approximate surface area is 220 Å². The molecule has 3 aromatic rings. The summed E-state index contributed by atoms with van der Waals surface area (Å²) in [6.07, 6.45) is 4.29. The number of halogens is 1. The third kappa shape index (κ3) is 5.78. The summed E-state index contributed by atoms with van der Waals surface area (Å²) in [6.45, 7) is 8.95. The van der Waals surface area contributed by atoms with E-state index in [0.29, 0.717) is 36.9 Å². The lowest BCUT2D eigenvalue weighted by atomic mass is 9.84. The molecule has 7 heteroatoms. The summed E-state index contributed by atoms with van der Waals surface area (Å²) >= 11 is 3.52. The Kier molecular flexibility index (Phi) is 8.09. The highest BCUT2D eigenvalue weighted by Crippen LogP contribution is 2.31. The van der Waals surface area contributed by atoms with Gasteiger partial charge < -0.3 is 14.8 Å². The smallest absolute Gasteiger partial charge is 0.246 e. The van der Waals surface area contributed by atoms with E-state index in [4.69, 9.17) is 0 Å². The van der Waals surface area contributed by atoms with Gasteiger partial charge in [0.05, 0.1) is 6.04 Å². The molecule has 0 spiro atoms. The van der Waals surface area contributed by atoms with Crippen LogP contribution in [0, 0.1) is 5.92 Å². The number of benzene rings is 2. The van der Waals surface area contributed by atoms with E-state index in [2.05, 4.69) is 53.8 Å². The Bertz CT molecular complexity index is 1280. The summed E-state index contributed by atoms with van der Waals surface area (Å²) in [5.74, 6) is 0.530. The number of nitrogens with one attached hydrogen (secondary N) is 1. The first-order valence-electron chi connectivity index (χ1n) is 12.3. The number of hydrogen-bond acceptors (Lipinski definition) is 3. The van der Waals surface area contributed by atoms with Crippen LogP contribution in [0.5, 0.6) is 0 Å². The maximum absolute atomic E-state index is 13.4. The Morgan fingerprint density at radius 1 is 1.14 bits per heavy atom. The number of Topliss-reactive ketones (excluding diaryl/α,β-unsaturated/α-hetero) is 1. The van der Waals surface area contributed by atoms with Crippen molar-refractivity contribution in [3.8, 4) is 0 Å². The van der Waals surface area contributed by atoms with Crippen LogP contribution in [0.3, 0.4) is 0 Å². The summed E-state index contributed by atoms with van der Waals surface area (Å²) < 4.78 is 2.73. The molecular weight excluding hydrogens is 518 g/mol. The zero-order valence-corrected chi connectivity index (χ0v) is 22.3. The number of aromatic nitrogens is 1. The lowest BCUT2D eigenvalue weighted by molar-refractivity contribution is -0.133. The lowest BCUT2D eigenvalue weighted by Crippen LogP contribution is -2.61. The second-order valence-corrected chi connectivity index (χ2v) is 10.7. The summed E-state index contributed by atoms with van der Waals surface area (Å²) in [5, 5.41) is 3.82. The molecular formula is C29H32BrN3O3. The van der Waals surface area contributed by atoms with Crippen molar-refractivity contribution in [1.82, 2.24) is 14.8 Å². The average molecular weight is 550 g/mol. The molecule has 1 saturated heterocycles. The molecule has 188 valence electrons. The fourth-order valence-electron chi connectivity index (χ4n) is 4.94. The van der Waals surface area contributed by atoms with E-state index in [1.165, 1.54) is 11.6 Å². The summed E-state index contributed by atoms with van der Waals surface area (Å²) in [7, 11) is 0. The van der Waals surface area contributed by atoms with Crippen LogP contribution < -0.4 is 5.32 Å². The first-order valence-corrected chi connectivity index (χ1v) is 13.1. The van der Waals surface area contributed by atoms with Gasteiger partial charge in [-0.2, -0.15) is 0 Å².